The number of anilines is 1. The average molecular weight is 441 g/mol. The van der Waals surface area contributed by atoms with Gasteiger partial charge in [-0.05, 0) is 37.6 Å². The van der Waals surface area contributed by atoms with Crippen LogP contribution in [0.3, 0.4) is 0 Å². The van der Waals surface area contributed by atoms with Crippen molar-refractivity contribution in [1.29, 1.82) is 0 Å². The lowest BCUT2D eigenvalue weighted by molar-refractivity contribution is -0.142. The number of ether oxygens (including phenoxy) is 1. The van der Waals surface area contributed by atoms with Gasteiger partial charge in [0.25, 0.3) is 11.7 Å². The lowest BCUT2D eigenvalue weighted by atomic mass is 10.1. The summed E-state index contributed by atoms with van der Waals surface area (Å²) in [6, 6.07) is 12.9. The number of aryl methyl sites for hydroxylation is 2. The number of nitrogens with one attached hydrogen (secondary N) is 1. The molecule has 0 bridgehead atoms. The van der Waals surface area contributed by atoms with Crippen LogP contribution in [0.5, 0.6) is 5.75 Å². The molecule has 0 aliphatic heterocycles. The largest absolute Gasteiger partial charge is 0.495 e. The van der Waals surface area contributed by atoms with Crippen LogP contribution >= 0.6 is 0 Å². The van der Waals surface area contributed by atoms with Crippen molar-refractivity contribution in [3.8, 4) is 17.0 Å². The summed E-state index contributed by atoms with van der Waals surface area (Å²) in [7, 11) is 1.44. The lowest BCUT2D eigenvalue weighted by Gasteiger charge is -2.10. The smallest absolute Gasteiger partial charge is 0.433 e. The van der Waals surface area contributed by atoms with Crippen LogP contribution in [-0.4, -0.2) is 32.6 Å². The van der Waals surface area contributed by atoms with E-state index in [9.17, 15) is 18.0 Å². The molecule has 0 atom stereocenters. The van der Waals surface area contributed by atoms with Crippen LogP contribution in [0.1, 0.15) is 27.4 Å². The van der Waals surface area contributed by atoms with Gasteiger partial charge in [-0.15, -0.1) is 5.10 Å². The number of carbonyl (C=O) groups is 1. The molecule has 0 fully saturated rings. The summed E-state index contributed by atoms with van der Waals surface area (Å²) in [6.45, 7) is 3.69. The molecule has 4 aromatic rings. The molecular weight excluding hydrogens is 423 g/mol. The molecule has 2 aromatic carbocycles. The van der Waals surface area contributed by atoms with Gasteiger partial charge in [-0.2, -0.15) is 22.7 Å². The Bertz CT molecular complexity index is 1310. The third-order valence-corrected chi connectivity index (χ3v) is 4.76. The molecule has 0 spiro atoms. The van der Waals surface area contributed by atoms with Crippen LogP contribution in [0, 0.1) is 13.8 Å². The number of carbonyl (C=O) groups excluding carboxylic acids is 1. The monoisotopic (exact) mass is 441 g/mol. The molecule has 32 heavy (non-hydrogen) atoms. The molecule has 10 heteroatoms. The first-order valence-electron chi connectivity index (χ1n) is 9.54. The maximum Gasteiger partial charge on any atom is 0.433 e. The summed E-state index contributed by atoms with van der Waals surface area (Å²) in [5.41, 5.74) is 1.64. The predicted molar refractivity (Wildman–Crippen MR) is 112 cm³/mol. The topological polar surface area (TPSA) is 81.4 Å². The minimum Gasteiger partial charge on any atom is -0.495 e. The van der Waals surface area contributed by atoms with Gasteiger partial charge in [0.15, 0.2) is 5.69 Å². The zero-order valence-corrected chi connectivity index (χ0v) is 17.4. The number of nitrogens with zero attached hydrogens (tertiary/aromatic N) is 4. The fraction of sp³-hybridized carbons (Fsp3) is 0.182. The van der Waals surface area contributed by atoms with Gasteiger partial charge in [-0.25, -0.2) is 4.98 Å². The molecule has 4 rings (SSSR count). The first-order valence-corrected chi connectivity index (χ1v) is 9.54. The Kier molecular flexibility index (Phi) is 5.29. The Hall–Kier alpha value is -3.95. The van der Waals surface area contributed by atoms with Crippen LogP contribution in [0.2, 0.25) is 0 Å². The van der Waals surface area contributed by atoms with Crippen LogP contribution < -0.4 is 10.1 Å². The van der Waals surface area contributed by atoms with E-state index in [1.54, 1.807) is 42.5 Å². The number of hydrogen-bond acceptors (Lipinski definition) is 5. The molecule has 7 nitrogen and oxygen atoms in total. The molecule has 0 aliphatic rings. The minimum atomic E-state index is -4.73. The van der Waals surface area contributed by atoms with E-state index in [0.29, 0.717) is 21.5 Å². The highest BCUT2D eigenvalue weighted by Gasteiger charge is 2.36. The second-order valence-electron chi connectivity index (χ2n) is 7.20. The van der Waals surface area contributed by atoms with Gasteiger partial charge in [0, 0.05) is 5.56 Å². The summed E-state index contributed by atoms with van der Waals surface area (Å²) < 4.78 is 47.0. The maximum atomic E-state index is 13.7. The summed E-state index contributed by atoms with van der Waals surface area (Å²) in [5.74, 6) is -1.18. The number of amides is 1. The number of halogens is 3. The number of fused-ring (bicyclic) bond motifs is 1. The first-order chi connectivity index (χ1) is 15.2. The molecule has 1 N–H and O–H groups in total. The standard InChI is InChI=1S/C22H18F3N5O2/c1-12-4-7-14(8-5-12)15-11-18(22(23,24)25)30-21(27-15)28-19(29-30)20(31)26-16-10-13(2)6-9-17(16)32-3/h4-11H,1-3H3,(H,26,31). The Balaban J connectivity index is 1.78. The van der Waals surface area contributed by atoms with Crippen molar-refractivity contribution < 1.29 is 22.7 Å². The van der Waals surface area contributed by atoms with Crippen molar-refractivity contribution in [2.24, 2.45) is 0 Å². The quantitative estimate of drug-likeness (QED) is 0.497. The van der Waals surface area contributed by atoms with Crippen molar-refractivity contribution >= 4 is 17.4 Å². The molecule has 1 amide bonds. The third-order valence-electron chi connectivity index (χ3n) is 4.76. The average Bonchev–Trinajstić information content (AvgIpc) is 3.17. The van der Waals surface area contributed by atoms with E-state index >= 15 is 0 Å². The summed E-state index contributed by atoms with van der Waals surface area (Å²) in [6.07, 6.45) is -4.73. The van der Waals surface area contributed by atoms with Crippen molar-refractivity contribution in [2.75, 3.05) is 12.4 Å². The molecular formula is C22H18F3N5O2. The SMILES string of the molecule is COc1ccc(C)cc1NC(=O)c1nc2nc(-c3ccc(C)cc3)cc(C(F)(F)F)n2n1. The van der Waals surface area contributed by atoms with E-state index in [-0.39, 0.29) is 11.5 Å². The highest BCUT2D eigenvalue weighted by atomic mass is 19.4. The molecule has 2 aromatic heterocycles. The molecule has 0 unspecified atom stereocenters. The van der Waals surface area contributed by atoms with Crippen LogP contribution in [0.4, 0.5) is 18.9 Å². The molecule has 0 saturated heterocycles. The number of hydrogen-bond donors (Lipinski definition) is 1. The second kappa shape index (κ2) is 7.95. The van der Waals surface area contributed by atoms with E-state index in [0.717, 1.165) is 17.2 Å². The van der Waals surface area contributed by atoms with Crippen molar-refractivity contribution in [1.82, 2.24) is 19.6 Å². The van der Waals surface area contributed by atoms with E-state index in [1.807, 2.05) is 13.8 Å². The summed E-state index contributed by atoms with van der Waals surface area (Å²) >= 11 is 0. The number of rotatable bonds is 4. The number of aromatic nitrogens is 4. The van der Waals surface area contributed by atoms with Crippen molar-refractivity contribution in [3.63, 3.8) is 0 Å². The third kappa shape index (κ3) is 4.11. The van der Waals surface area contributed by atoms with Crippen LogP contribution in [0.15, 0.2) is 48.5 Å². The fourth-order valence-electron chi connectivity index (χ4n) is 3.14. The van der Waals surface area contributed by atoms with Crippen molar-refractivity contribution in [3.05, 3.63) is 71.2 Å². The van der Waals surface area contributed by atoms with E-state index in [1.165, 1.54) is 7.11 Å². The number of alkyl halides is 3. The maximum absolute atomic E-state index is 13.7. The minimum absolute atomic E-state index is 0.0736. The van der Waals surface area contributed by atoms with Gasteiger partial charge in [-0.3, -0.25) is 4.79 Å². The Morgan fingerprint density at radius 3 is 2.34 bits per heavy atom. The second-order valence-corrected chi connectivity index (χ2v) is 7.20. The van der Waals surface area contributed by atoms with Gasteiger partial charge in [0.2, 0.25) is 5.82 Å². The molecule has 0 saturated carbocycles. The Labute approximate surface area is 180 Å². The highest BCUT2D eigenvalue weighted by Crippen LogP contribution is 2.32. The van der Waals surface area contributed by atoms with Gasteiger partial charge in [0.1, 0.15) is 5.75 Å². The van der Waals surface area contributed by atoms with E-state index in [4.69, 9.17) is 4.74 Å². The Morgan fingerprint density at radius 2 is 1.69 bits per heavy atom. The molecule has 0 aliphatic carbocycles. The van der Waals surface area contributed by atoms with Crippen LogP contribution in [0.25, 0.3) is 17.0 Å². The van der Waals surface area contributed by atoms with Crippen molar-refractivity contribution in [2.45, 2.75) is 20.0 Å². The number of benzene rings is 2. The molecule has 2 heterocycles. The fourth-order valence-corrected chi connectivity index (χ4v) is 3.14. The number of methoxy groups -OCH3 is 1. The van der Waals surface area contributed by atoms with Gasteiger partial charge in [-0.1, -0.05) is 35.9 Å². The lowest BCUT2D eigenvalue weighted by Crippen LogP contribution is -2.16. The first kappa shape index (κ1) is 21.3. The normalized spacial score (nSPS) is 11.6. The Morgan fingerprint density at radius 1 is 1.00 bits per heavy atom. The van der Waals surface area contributed by atoms with Gasteiger partial charge >= 0.3 is 6.18 Å². The zero-order chi connectivity index (χ0) is 23.0. The summed E-state index contributed by atoms with van der Waals surface area (Å²) in [4.78, 5) is 20.8. The summed E-state index contributed by atoms with van der Waals surface area (Å²) in [5, 5.41) is 6.35. The molecule has 0 radical (unpaired) electrons. The van der Waals surface area contributed by atoms with E-state index in [2.05, 4.69) is 20.4 Å². The van der Waals surface area contributed by atoms with Gasteiger partial charge < -0.3 is 10.1 Å². The molecule has 164 valence electrons. The van der Waals surface area contributed by atoms with Crippen LogP contribution in [-0.2, 0) is 6.18 Å². The zero-order valence-electron chi connectivity index (χ0n) is 17.4. The highest BCUT2D eigenvalue weighted by molar-refractivity contribution is 6.02. The van der Waals surface area contributed by atoms with E-state index < -0.39 is 23.6 Å². The predicted octanol–water partition coefficient (Wildman–Crippen LogP) is 4.69. The van der Waals surface area contributed by atoms with Gasteiger partial charge in [0.05, 0.1) is 18.5 Å².